The Hall–Kier alpha value is -2.83. The van der Waals surface area contributed by atoms with E-state index >= 15 is 0 Å². The third-order valence-electron chi connectivity index (χ3n) is 2.79. The van der Waals surface area contributed by atoms with Crippen LogP contribution in [-0.2, 0) is 0 Å². The van der Waals surface area contributed by atoms with Gasteiger partial charge < -0.3 is 14.8 Å². The molecule has 0 fully saturated rings. The molecule has 0 amide bonds. The lowest BCUT2D eigenvalue weighted by Gasteiger charge is -2.19. The third-order valence-corrected chi connectivity index (χ3v) is 2.79. The van der Waals surface area contributed by atoms with Crippen molar-refractivity contribution < 1.29 is 14.4 Å². The fourth-order valence-electron chi connectivity index (χ4n) is 1.90. The number of ether oxygens (including phenoxy) is 2. The molecular weight excluding hydrogens is 262 g/mol. The van der Waals surface area contributed by atoms with Crippen LogP contribution in [0.15, 0.2) is 36.5 Å². The number of pyridine rings is 1. The van der Waals surface area contributed by atoms with Crippen molar-refractivity contribution in [2.24, 2.45) is 0 Å². The molecule has 2 heterocycles. The minimum absolute atomic E-state index is 0.0811. The summed E-state index contributed by atoms with van der Waals surface area (Å²) in [6, 6.07) is 8.16. The lowest BCUT2D eigenvalue weighted by molar-refractivity contribution is -0.384. The Morgan fingerprint density at radius 1 is 1.20 bits per heavy atom. The number of rotatable bonds is 3. The summed E-state index contributed by atoms with van der Waals surface area (Å²) in [7, 11) is 0. The van der Waals surface area contributed by atoms with Gasteiger partial charge in [0.25, 0.3) is 0 Å². The largest absolute Gasteiger partial charge is 0.486 e. The Kier molecular flexibility index (Phi) is 3.08. The average molecular weight is 273 g/mol. The van der Waals surface area contributed by atoms with Crippen LogP contribution in [0.5, 0.6) is 11.5 Å². The Morgan fingerprint density at radius 2 is 2.00 bits per heavy atom. The van der Waals surface area contributed by atoms with Crippen molar-refractivity contribution in [1.82, 2.24) is 4.98 Å². The van der Waals surface area contributed by atoms with Gasteiger partial charge in [0.1, 0.15) is 13.2 Å². The van der Waals surface area contributed by atoms with Crippen LogP contribution in [0.3, 0.4) is 0 Å². The monoisotopic (exact) mass is 273 g/mol. The zero-order chi connectivity index (χ0) is 13.9. The maximum Gasteiger partial charge on any atom is 0.311 e. The molecule has 0 spiro atoms. The number of benzene rings is 1. The summed E-state index contributed by atoms with van der Waals surface area (Å²) in [5.74, 6) is 1.46. The molecule has 0 saturated heterocycles. The highest BCUT2D eigenvalue weighted by atomic mass is 16.6. The predicted octanol–water partition coefficient (Wildman–Crippen LogP) is 2.50. The molecule has 0 bridgehead atoms. The molecule has 1 aromatic heterocycles. The minimum Gasteiger partial charge on any atom is -0.486 e. The summed E-state index contributed by atoms with van der Waals surface area (Å²) < 4.78 is 10.9. The van der Waals surface area contributed by atoms with E-state index in [4.69, 9.17) is 9.47 Å². The second kappa shape index (κ2) is 5.04. The van der Waals surface area contributed by atoms with Crippen LogP contribution < -0.4 is 14.8 Å². The maximum atomic E-state index is 10.9. The van der Waals surface area contributed by atoms with E-state index in [1.807, 2.05) is 0 Å². The van der Waals surface area contributed by atoms with Crippen molar-refractivity contribution in [2.75, 3.05) is 18.5 Å². The number of fused-ring (bicyclic) bond motifs is 1. The number of anilines is 2. The fraction of sp³-hybridized carbons (Fsp3) is 0.154. The van der Waals surface area contributed by atoms with E-state index in [0.29, 0.717) is 30.4 Å². The maximum absolute atomic E-state index is 10.9. The fourth-order valence-corrected chi connectivity index (χ4v) is 1.90. The van der Waals surface area contributed by atoms with E-state index in [1.54, 1.807) is 18.2 Å². The normalized spacial score (nSPS) is 12.8. The summed E-state index contributed by atoms with van der Waals surface area (Å²) in [5.41, 5.74) is 0.568. The highest BCUT2D eigenvalue weighted by molar-refractivity contribution is 5.67. The molecule has 0 radical (unpaired) electrons. The quantitative estimate of drug-likeness (QED) is 0.683. The number of hydrogen-bond donors (Lipinski definition) is 1. The molecule has 0 atom stereocenters. The van der Waals surface area contributed by atoms with Crippen molar-refractivity contribution in [3.05, 3.63) is 46.6 Å². The molecule has 7 nitrogen and oxygen atoms in total. The highest BCUT2D eigenvalue weighted by Crippen LogP contribution is 2.34. The Bertz CT molecular complexity index is 660. The van der Waals surface area contributed by atoms with E-state index in [9.17, 15) is 10.1 Å². The van der Waals surface area contributed by atoms with Crippen LogP contribution in [0.1, 0.15) is 0 Å². The minimum atomic E-state index is -0.479. The summed E-state index contributed by atoms with van der Waals surface area (Å²) in [4.78, 5) is 14.4. The first kappa shape index (κ1) is 12.2. The molecule has 1 aromatic carbocycles. The SMILES string of the molecule is O=[N+]([O-])c1cccnc1Nc1ccc2c(c1)OCCO2. The highest BCUT2D eigenvalue weighted by Gasteiger charge is 2.16. The van der Waals surface area contributed by atoms with Crippen LogP contribution in [-0.4, -0.2) is 23.1 Å². The molecule has 7 heteroatoms. The van der Waals surface area contributed by atoms with Crippen molar-refractivity contribution in [2.45, 2.75) is 0 Å². The van der Waals surface area contributed by atoms with Crippen molar-refractivity contribution in [1.29, 1.82) is 0 Å². The van der Waals surface area contributed by atoms with Crippen molar-refractivity contribution >= 4 is 17.2 Å². The summed E-state index contributed by atoms with van der Waals surface area (Å²) in [6.45, 7) is 1.01. The smallest absolute Gasteiger partial charge is 0.311 e. The molecule has 1 aliphatic rings. The van der Waals surface area contributed by atoms with Gasteiger partial charge in [-0.05, 0) is 18.2 Å². The Balaban J connectivity index is 1.90. The Morgan fingerprint density at radius 3 is 2.80 bits per heavy atom. The molecule has 20 heavy (non-hydrogen) atoms. The van der Waals surface area contributed by atoms with Crippen LogP contribution in [0, 0.1) is 10.1 Å². The van der Waals surface area contributed by atoms with Gasteiger partial charge in [0.05, 0.1) is 4.92 Å². The topological polar surface area (TPSA) is 86.5 Å². The van der Waals surface area contributed by atoms with Gasteiger partial charge in [0, 0.05) is 24.0 Å². The summed E-state index contributed by atoms with van der Waals surface area (Å²) in [5, 5.41) is 13.8. The second-order valence-electron chi connectivity index (χ2n) is 4.11. The number of hydrogen-bond acceptors (Lipinski definition) is 6. The van der Waals surface area contributed by atoms with Gasteiger partial charge in [-0.3, -0.25) is 10.1 Å². The van der Waals surface area contributed by atoms with Crippen LogP contribution in [0.25, 0.3) is 0 Å². The van der Waals surface area contributed by atoms with Crippen molar-refractivity contribution in [3.8, 4) is 11.5 Å². The van der Waals surface area contributed by atoms with E-state index in [1.165, 1.54) is 18.3 Å². The van der Waals surface area contributed by atoms with E-state index < -0.39 is 4.92 Å². The molecular formula is C13H11N3O4. The number of aromatic nitrogens is 1. The van der Waals surface area contributed by atoms with Crippen LogP contribution in [0.4, 0.5) is 17.2 Å². The standard InChI is InChI=1S/C13H11N3O4/c17-16(18)10-2-1-5-14-13(10)15-9-3-4-11-12(8-9)20-7-6-19-11/h1-5,8H,6-7H2,(H,14,15). The van der Waals surface area contributed by atoms with Gasteiger partial charge in [-0.2, -0.15) is 0 Å². The molecule has 0 aliphatic carbocycles. The van der Waals surface area contributed by atoms with E-state index in [-0.39, 0.29) is 11.5 Å². The first-order chi connectivity index (χ1) is 9.74. The number of nitro groups is 1. The molecule has 2 aromatic rings. The molecule has 1 N–H and O–H groups in total. The third kappa shape index (κ3) is 2.33. The summed E-state index contributed by atoms with van der Waals surface area (Å²) >= 11 is 0. The van der Waals surface area contributed by atoms with Crippen LogP contribution in [0.2, 0.25) is 0 Å². The lowest BCUT2D eigenvalue weighted by atomic mass is 10.2. The molecule has 1 aliphatic heterocycles. The predicted molar refractivity (Wildman–Crippen MR) is 71.6 cm³/mol. The number of nitrogens with one attached hydrogen (secondary N) is 1. The van der Waals surface area contributed by atoms with Gasteiger partial charge in [0.15, 0.2) is 11.5 Å². The zero-order valence-electron chi connectivity index (χ0n) is 10.4. The first-order valence-corrected chi connectivity index (χ1v) is 6.00. The second-order valence-corrected chi connectivity index (χ2v) is 4.11. The van der Waals surface area contributed by atoms with Gasteiger partial charge in [-0.15, -0.1) is 0 Å². The van der Waals surface area contributed by atoms with Gasteiger partial charge in [-0.25, -0.2) is 4.98 Å². The van der Waals surface area contributed by atoms with Gasteiger partial charge in [-0.1, -0.05) is 0 Å². The van der Waals surface area contributed by atoms with Crippen molar-refractivity contribution in [3.63, 3.8) is 0 Å². The van der Waals surface area contributed by atoms with E-state index in [2.05, 4.69) is 10.3 Å². The average Bonchev–Trinajstić information content (AvgIpc) is 2.47. The van der Waals surface area contributed by atoms with Gasteiger partial charge >= 0.3 is 5.69 Å². The number of nitrogens with zero attached hydrogens (tertiary/aromatic N) is 2. The molecule has 0 unspecified atom stereocenters. The zero-order valence-corrected chi connectivity index (χ0v) is 10.4. The first-order valence-electron chi connectivity index (χ1n) is 6.00. The molecule has 3 rings (SSSR count). The Labute approximate surface area is 114 Å². The molecule has 0 saturated carbocycles. The van der Waals surface area contributed by atoms with Gasteiger partial charge in [0.2, 0.25) is 5.82 Å². The molecule has 102 valence electrons. The van der Waals surface area contributed by atoms with E-state index in [0.717, 1.165) is 0 Å². The lowest BCUT2D eigenvalue weighted by Crippen LogP contribution is -2.15. The van der Waals surface area contributed by atoms with Crippen LogP contribution >= 0.6 is 0 Å². The summed E-state index contributed by atoms with van der Waals surface area (Å²) in [6.07, 6.45) is 1.49.